The Hall–Kier alpha value is -2.96. The summed E-state index contributed by atoms with van der Waals surface area (Å²) in [6.45, 7) is 7.49. The van der Waals surface area contributed by atoms with Crippen LogP contribution in [-0.4, -0.2) is 20.9 Å². The Labute approximate surface area is 197 Å². The highest BCUT2D eigenvalue weighted by atomic mass is 32.3. The van der Waals surface area contributed by atoms with Gasteiger partial charge in [0, 0.05) is 12.8 Å². The van der Waals surface area contributed by atoms with Crippen LogP contribution in [0.25, 0.3) is 0 Å². The highest BCUT2D eigenvalue weighted by molar-refractivity contribution is 8.10. The van der Waals surface area contributed by atoms with Crippen molar-refractivity contribution in [3.05, 3.63) is 121 Å². The molecule has 0 atom stereocenters. The number of allylic oxidation sites excluding steroid dienone is 2. The summed E-state index contributed by atoms with van der Waals surface area (Å²) in [5.41, 5.74) is 1.58. The van der Waals surface area contributed by atoms with Crippen molar-refractivity contribution in [1.82, 2.24) is 0 Å². The Morgan fingerprint density at radius 2 is 1.09 bits per heavy atom. The van der Waals surface area contributed by atoms with Crippen molar-refractivity contribution in [2.75, 3.05) is 0 Å². The van der Waals surface area contributed by atoms with E-state index >= 15 is 0 Å². The SMILES string of the molecule is C=CCCc1ccccc1CC(CC=C)(S(=O)(=O)c1ccccc1)S(=O)(=O)c1ccccc1. The lowest BCUT2D eigenvalue weighted by Crippen LogP contribution is -2.48. The Morgan fingerprint density at radius 1 is 0.636 bits per heavy atom. The zero-order valence-corrected chi connectivity index (χ0v) is 20.1. The van der Waals surface area contributed by atoms with Gasteiger partial charge in [0.05, 0.1) is 9.79 Å². The van der Waals surface area contributed by atoms with Crippen LogP contribution in [0.3, 0.4) is 0 Å². The molecule has 0 saturated heterocycles. The van der Waals surface area contributed by atoms with Crippen molar-refractivity contribution in [3.8, 4) is 0 Å². The van der Waals surface area contributed by atoms with Crippen LogP contribution in [0.2, 0.25) is 0 Å². The van der Waals surface area contributed by atoms with Gasteiger partial charge in [-0.05, 0) is 48.2 Å². The lowest BCUT2D eigenvalue weighted by atomic mass is 9.98. The molecule has 0 amide bonds. The molecule has 0 heterocycles. The van der Waals surface area contributed by atoms with Gasteiger partial charge in [-0.1, -0.05) is 72.8 Å². The molecule has 0 radical (unpaired) electrons. The summed E-state index contributed by atoms with van der Waals surface area (Å²) in [7, 11) is -8.69. The van der Waals surface area contributed by atoms with Crippen molar-refractivity contribution in [2.24, 2.45) is 0 Å². The van der Waals surface area contributed by atoms with Crippen LogP contribution >= 0.6 is 0 Å². The Balaban J connectivity index is 2.33. The van der Waals surface area contributed by atoms with Gasteiger partial charge in [0.15, 0.2) is 23.8 Å². The quantitative estimate of drug-likeness (QED) is 0.337. The zero-order chi connectivity index (χ0) is 24.0. The van der Waals surface area contributed by atoms with E-state index < -0.39 is 23.8 Å². The van der Waals surface area contributed by atoms with Crippen LogP contribution in [0.5, 0.6) is 0 Å². The first-order valence-corrected chi connectivity index (χ1v) is 13.6. The summed E-state index contributed by atoms with van der Waals surface area (Å²) in [4.78, 5) is -0.0649. The van der Waals surface area contributed by atoms with E-state index in [4.69, 9.17) is 0 Å². The van der Waals surface area contributed by atoms with Crippen molar-refractivity contribution >= 4 is 19.7 Å². The Morgan fingerprint density at radius 3 is 1.55 bits per heavy atom. The number of sulfone groups is 2. The molecular weight excluding hydrogens is 452 g/mol. The topological polar surface area (TPSA) is 68.3 Å². The summed E-state index contributed by atoms with van der Waals surface area (Å²) < 4.78 is 54.4. The van der Waals surface area contributed by atoms with Gasteiger partial charge in [0.25, 0.3) is 0 Å². The van der Waals surface area contributed by atoms with Gasteiger partial charge in [-0.3, -0.25) is 0 Å². The molecule has 0 aliphatic rings. The standard InChI is InChI=1S/C27H28O4S2/c1-3-5-14-23-15-12-13-16-24(23)22-27(21-4-2,32(28,29)25-17-8-6-9-18-25)33(30,31)26-19-10-7-11-20-26/h3-4,6-13,15-20H,1-2,5,14,21-22H2. The maximum absolute atomic E-state index is 14.2. The molecule has 4 nitrogen and oxygen atoms in total. The number of hydrogen-bond acceptors (Lipinski definition) is 4. The minimum Gasteiger partial charge on any atom is -0.222 e. The molecule has 33 heavy (non-hydrogen) atoms. The van der Waals surface area contributed by atoms with Gasteiger partial charge in [0.1, 0.15) is 0 Å². The van der Waals surface area contributed by atoms with Crippen LogP contribution in [-0.2, 0) is 32.5 Å². The van der Waals surface area contributed by atoms with Crippen LogP contribution in [0.4, 0.5) is 0 Å². The first kappa shape index (κ1) is 24.7. The second-order valence-electron chi connectivity index (χ2n) is 7.81. The first-order chi connectivity index (χ1) is 15.8. The maximum atomic E-state index is 14.2. The molecule has 0 aliphatic carbocycles. The Kier molecular flexibility index (Phi) is 7.72. The number of benzene rings is 3. The molecule has 0 bridgehead atoms. The molecule has 3 rings (SSSR count). The summed E-state index contributed by atoms with van der Waals surface area (Å²) in [6, 6.07) is 22.9. The molecule has 6 heteroatoms. The minimum absolute atomic E-state index is 0.0325. The van der Waals surface area contributed by atoms with Crippen LogP contribution < -0.4 is 0 Å². The van der Waals surface area contributed by atoms with E-state index in [1.165, 1.54) is 30.3 Å². The molecule has 0 spiro atoms. The zero-order valence-electron chi connectivity index (χ0n) is 18.4. The fourth-order valence-corrected chi connectivity index (χ4v) is 8.98. The first-order valence-electron chi connectivity index (χ1n) is 10.7. The van der Waals surface area contributed by atoms with Gasteiger partial charge >= 0.3 is 0 Å². The van der Waals surface area contributed by atoms with E-state index in [1.54, 1.807) is 54.6 Å². The van der Waals surface area contributed by atoms with E-state index in [0.29, 0.717) is 18.4 Å². The molecule has 0 unspecified atom stereocenters. The van der Waals surface area contributed by atoms with E-state index in [0.717, 1.165) is 5.56 Å². The maximum Gasteiger partial charge on any atom is 0.199 e. The molecule has 172 valence electrons. The number of aryl methyl sites for hydroxylation is 1. The smallest absolute Gasteiger partial charge is 0.199 e. The normalized spacial score (nSPS) is 12.2. The van der Waals surface area contributed by atoms with Crippen molar-refractivity contribution < 1.29 is 16.8 Å². The molecule has 3 aromatic carbocycles. The van der Waals surface area contributed by atoms with Gasteiger partial charge in [-0.15, -0.1) is 13.2 Å². The lowest BCUT2D eigenvalue weighted by molar-refractivity contribution is 0.534. The van der Waals surface area contributed by atoms with Crippen LogP contribution in [0.1, 0.15) is 24.0 Å². The summed E-state index contributed by atoms with van der Waals surface area (Å²) in [5.74, 6) is 0. The molecule has 0 fully saturated rings. The predicted molar refractivity (Wildman–Crippen MR) is 133 cm³/mol. The van der Waals surface area contributed by atoms with Crippen molar-refractivity contribution in [2.45, 2.75) is 39.6 Å². The second kappa shape index (κ2) is 10.3. The van der Waals surface area contributed by atoms with Crippen molar-refractivity contribution in [1.29, 1.82) is 0 Å². The van der Waals surface area contributed by atoms with E-state index in [9.17, 15) is 16.8 Å². The van der Waals surface area contributed by atoms with Gasteiger partial charge in [-0.2, -0.15) is 0 Å². The number of hydrogen-bond donors (Lipinski definition) is 0. The Bertz CT molecular complexity index is 1240. The molecule has 0 N–H and O–H groups in total. The van der Waals surface area contributed by atoms with Crippen LogP contribution in [0.15, 0.2) is 120 Å². The third-order valence-corrected chi connectivity index (χ3v) is 11.4. The molecular formula is C27H28O4S2. The average molecular weight is 481 g/mol. The molecule has 0 saturated carbocycles. The monoisotopic (exact) mass is 480 g/mol. The van der Waals surface area contributed by atoms with Gasteiger partial charge in [0.2, 0.25) is 0 Å². The summed E-state index contributed by atoms with van der Waals surface area (Å²) >= 11 is 0. The highest BCUT2D eigenvalue weighted by Gasteiger charge is 2.55. The average Bonchev–Trinajstić information content (AvgIpc) is 2.84. The van der Waals surface area contributed by atoms with E-state index in [-0.39, 0.29) is 22.6 Å². The fourth-order valence-electron chi connectivity index (χ4n) is 4.00. The molecule has 0 aromatic heterocycles. The summed E-state index contributed by atoms with van der Waals surface area (Å²) in [6.07, 6.45) is 4.06. The molecule has 0 aliphatic heterocycles. The third kappa shape index (κ3) is 4.72. The molecule has 3 aromatic rings. The van der Waals surface area contributed by atoms with Gasteiger partial charge < -0.3 is 0 Å². The highest BCUT2D eigenvalue weighted by Crippen LogP contribution is 2.42. The van der Waals surface area contributed by atoms with E-state index in [2.05, 4.69) is 13.2 Å². The van der Waals surface area contributed by atoms with Gasteiger partial charge in [-0.25, -0.2) is 16.8 Å². The van der Waals surface area contributed by atoms with Crippen molar-refractivity contribution in [3.63, 3.8) is 0 Å². The summed E-state index contributed by atoms with van der Waals surface area (Å²) in [5, 5.41) is 0. The minimum atomic E-state index is -4.35. The second-order valence-corrected chi connectivity index (χ2v) is 12.6. The third-order valence-electron chi connectivity index (χ3n) is 5.74. The van der Waals surface area contributed by atoms with Crippen LogP contribution in [0, 0.1) is 0 Å². The predicted octanol–water partition coefficient (Wildman–Crippen LogP) is 5.57. The van der Waals surface area contributed by atoms with E-state index in [1.807, 2.05) is 12.1 Å². The fraction of sp³-hybridized carbons (Fsp3) is 0.185. The largest absolute Gasteiger partial charge is 0.222 e. The lowest BCUT2D eigenvalue weighted by Gasteiger charge is -2.33. The number of rotatable bonds is 11.